The van der Waals surface area contributed by atoms with Gasteiger partial charge in [-0.1, -0.05) is 41.9 Å². The summed E-state index contributed by atoms with van der Waals surface area (Å²) in [5.41, 5.74) is 4.11. The van der Waals surface area contributed by atoms with E-state index in [0.29, 0.717) is 5.02 Å². The average Bonchev–Trinajstić information content (AvgIpc) is 2.95. The summed E-state index contributed by atoms with van der Waals surface area (Å²) in [5.74, 6) is 0.818. The number of fused-ring (bicyclic) bond motifs is 3. The Bertz CT molecular complexity index is 963. The fourth-order valence-electron chi connectivity index (χ4n) is 2.77. The van der Waals surface area contributed by atoms with Crippen LogP contribution in [0.2, 0.25) is 5.02 Å². The number of aromatic amines is 1. The Morgan fingerprint density at radius 2 is 1.91 bits per heavy atom. The molecular weight excluding hydrogens is 308 g/mol. The molecule has 0 aliphatic carbocycles. The highest BCUT2D eigenvalue weighted by atomic mass is 35.5. The highest BCUT2D eigenvalue weighted by Crippen LogP contribution is 2.29. The second-order valence-corrected chi connectivity index (χ2v) is 5.86. The number of H-pyrrole nitrogens is 1. The monoisotopic (exact) mass is 322 g/mol. The van der Waals surface area contributed by atoms with Crippen LogP contribution in [0.1, 0.15) is 5.56 Å². The fraction of sp³-hybridized carbons (Fsp3) is 0.111. The zero-order valence-corrected chi connectivity index (χ0v) is 13.1. The molecule has 0 aliphatic rings. The molecule has 2 aromatic carbocycles. The van der Waals surface area contributed by atoms with Gasteiger partial charge in [-0.3, -0.25) is 0 Å². The topological polar surface area (TPSA) is 53.6 Å². The Labute approximate surface area is 138 Å². The summed E-state index contributed by atoms with van der Waals surface area (Å²) in [6.45, 7) is 0.812. The predicted molar refractivity (Wildman–Crippen MR) is 95.0 cm³/mol. The van der Waals surface area contributed by atoms with Crippen LogP contribution in [0.5, 0.6) is 0 Å². The minimum Gasteiger partial charge on any atom is -0.368 e. The molecule has 0 atom stereocenters. The van der Waals surface area contributed by atoms with Crippen molar-refractivity contribution in [2.45, 2.75) is 6.42 Å². The highest BCUT2D eigenvalue weighted by Gasteiger charge is 2.10. The van der Waals surface area contributed by atoms with Crippen LogP contribution >= 0.6 is 11.6 Å². The lowest BCUT2D eigenvalue weighted by Gasteiger charge is -2.06. The van der Waals surface area contributed by atoms with Gasteiger partial charge in [0.15, 0.2) is 5.82 Å². The third-order valence-electron chi connectivity index (χ3n) is 3.89. The van der Waals surface area contributed by atoms with Gasteiger partial charge in [0.05, 0.1) is 0 Å². The van der Waals surface area contributed by atoms with Crippen LogP contribution in [0.3, 0.4) is 0 Å². The second kappa shape index (κ2) is 5.89. The number of hydrogen-bond donors (Lipinski definition) is 2. The maximum atomic E-state index is 6.09. The number of benzene rings is 2. The van der Waals surface area contributed by atoms with Gasteiger partial charge in [0.1, 0.15) is 17.4 Å². The van der Waals surface area contributed by atoms with Crippen LogP contribution in [0.4, 0.5) is 5.82 Å². The number of rotatable bonds is 4. The van der Waals surface area contributed by atoms with Crippen molar-refractivity contribution in [2.75, 3.05) is 11.9 Å². The smallest absolute Gasteiger partial charge is 0.153 e. The third-order valence-corrected chi connectivity index (χ3v) is 4.13. The lowest BCUT2D eigenvalue weighted by Crippen LogP contribution is -2.06. The van der Waals surface area contributed by atoms with Gasteiger partial charge in [0.2, 0.25) is 0 Å². The zero-order valence-electron chi connectivity index (χ0n) is 12.4. The average molecular weight is 323 g/mol. The molecule has 0 saturated heterocycles. The van der Waals surface area contributed by atoms with Crippen molar-refractivity contribution in [1.82, 2.24) is 15.0 Å². The molecule has 0 fully saturated rings. The van der Waals surface area contributed by atoms with E-state index in [1.54, 1.807) is 6.33 Å². The van der Waals surface area contributed by atoms with E-state index >= 15 is 0 Å². The van der Waals surface area contributed by atoms with Crippen molar-refractivity contribution >= 4 is 39.4 Å². The molecule has 0 aliphatic heterocycles. The van der Waals surface area contributed by atoms with Gasteiger partial charge in [0.25, 0.3) is 0 Å². The van der Waals surface area contributed by atoms with Gasteiger partial charge in [-0.15, -0.1) is 0 Å². The quantitative estimate of drug-likeness (QED) is 0.585. The number of nitrogens with one attached hydrogen (secondary N) is 2. The molecule has 0 amide bonds. The minimum atomic E-state index is 0.704. The van der Waals surface area contributed by atoms with Crippen molar-refractivity contribution in [1.29, 1.82) is 0 Å². The van der Waals surface area contributed by atoms with Crippen molar-refractivity contribution in [3.8, 4) is 0 Å². The summed E-state index contributed by atoms with van der Waals surface area (Å²) in [4.78, 5) is 12.1. The van der Waals surface area contributed by atoms with E-state index in [9.17, 15) is 0 Å². The Morgan fingerprint density at radius 3 is 2.78 bits per heavy atom. The molecule has 5 heteroatoms. The normalized spacial score (nSPS) is 11.2. The van der Waals surface area contributed by atoms with Gasteiger partial charge in [-0.25, -0.2) is 9.97 Å². The number of aromatic nitrogens is 3. The van der Waals surface area contributed by atoms with Gasteiger partial charge >= 0.3 is 0 Å². The molecule has 23 heavy (non-hydrogen) atoms. The van der Waals surface area contributed by atoms with E-state index < -0.39 is 0 Å². The van der Waals surface area contributed by atoms with Crippen molar-refractivity contribution in [3.05, 3.63) is 65.4 Å². The first-order valence-corrected chi connectivity index (χ1v) is 7.89. The first-order chi connectivity index (χ1) is 11.3. The summed E-state index contributed by atoms with van der Waals surface area (Å²) >= 11 is 6.09. The van der Waals surface area contributed by atoms with Crippen molar-refractivity contribution in [3.63, 3.8) is 0 Å². The molecule has 4 nitrogen and oxygen atoms in total. The van der Waals surface area contributed by atoms with E-state index in [2.05, 4.69) is 44.5 Å². The SMILES string of the molecule is Clc1ccc2[nH]c3c(NCCc4ccccc4)ncnc3c2c1. The molecule has 2 aromatic heterocycles. The summed E-state index contributed by atoms with van der Waals surface area (Å²) < 4.78 is 0. The Balaban J connectivity index is 1.63. The predicted octanol–water partition coefficient (Wildman–Crippen LogP) is 4.42. The lowest BCUT2D eigenvalue weighted by molar-refractivity contribution is 1.01. The molecule has 0 saturated carbocycles. The van der Waals surface area contributed by atoms with Gasteiger partial charge in [-0.05, 0) is 30.2 Å². The van der Waals surface area contributed by atoms with Crippen molar-refractivity contribution < 1.29 is 0 Å². The Morgan fingerprint density at radius 1 is 1.04 bits per heavy atom. The van der Waals surface area contributed by atoms with Gasteiger partial charge < -0.3 is 10.3 Å². The van der Waals surface area contributed by atoms with Crippen LogP contribution in [-0.2, 0) is 6.42 Å². The summed E-state index contributed by atoms with van der Waals surface area (Å²) in [6, 6.07) is 16.2. The lowest BCUT2D eigenvalue weighted by atomic mass is 10.1. The fourth-order valence-corrected chi connectivity index (χ4v) is 2.94. The first-order valence-electron chi connectivity index (χ1n) is 7.51. The molecule has 0 bridgehead atoms. The summed E-state index contributed by atoms with van der Waals surface area (Å²) in [6.07, 6.45) is 2.53. The van der Waals surface area contributed by atoms with E-state index in [4.69, 9.17) is 11.6 Å². The maximum absolute atomic E-state index is 6.09. The maximum Gasteiger partial charge on any atom is 0.153 e. The molecule has 0 unspecified atom stereocenters. The number of anilines is 1. The van der Waals surface area contributed by atoms with E-state index in [1.807, 2.05) is 24.3 Å². The van der Waals surface area contributed by atoms with Crippen LogP contribution in [0.15, 0.2) is 54.9 Å². The molecule has 4 aromatic rings. The molecule has 114 valence electrons. The summed E-state index contributed by atoms with van der Waals surface area (Å²) in [7, 11) is 0. The molecule has 0 spiro atoms. The third kappa shape index (κ3) is 2.73. The molecule has 2 N–H and O–H groups in total. The number of halogens is 1. The first kappa shape index (κ1) is 14.0. The van der Waals surface area contributed by atoms with Crippen LogP contribution in [0.25, 0.3) is 21.9 Å². The van der Waals surface area contributed by atoms with Crippen LogP contribution < -0.4 is 5.32 Å². The summed E-state index contributed by atoms with van der Waals surface area (Å²) in [5, 5.41) is 5.12. The van der Waals surface area contributed by atoms with Crippen molar-refractivity contribution in [2.24, 2.45) is 0 Å². The molecule has 4 rings (SSSR count). The van der Waals surface area contributed by atoms with E-state index in [-0.39, 0.29) is 0 Å². The van der Waals surface area contributed by atoms with Crippen LogP contribution in [0, 0.1) is 0 Å². The standard InChI is InChI=1S/C18H15ClN4/c19-13-6-7-15-14(10-13)16-17(23-15)18(22-11-21-16)20-9-8-12-4-2-1-3-5-12/h1-7,10-11,23H,8-9H2,(H,20,21,22). The largest absolute Gasteiger partial charge is 0.368 e. The Kier molecular flexibility index (Phi) is 3.60. The second-order valence-electron chi connectivity index (χ2n) is 5.42. The van der Waals surface area contributed by atoms with Crippen LogP contribution in [-0.4, -0.2) is 21.5 Å². The van der Waals surface area contributed by atoms with E-state index in [0.717, 1.165) is 40.7 Å². The highest BCUT2D eigenvalue weighted by molar-refractivity contribution is 6.31. The molecule has 0 radical (unpaired) electrons. The number of hydrogen-bond acceptors (Lipinski definition) is 3. The van der Waals surface area contributed by atoms with Gasteiger partial charge in [0, 0.05) is 22.5 Å². The zero-order chi connectivity index (χ0) is 15.6. The number of nitrogens with zero attached hydrogens (tertiary/aromatic N) is 2. The molecular formula is C18H15ClN4. The molecule has 2 heterocycles. The minimum absolute atomic E-state index is 0.704. The van der Waals surface area contributed by atoms with Gasteiger partial charge in [-0.2, -0.15) is 0 Å². The Hall–Kier alpha value is -2.59. The van der Waals surface area contributed by atoms with E-state index in [1.165, 1.54) is 5.56 Å².